The lowest BCUT2D eigenvalue weighted by Crippen LogP contribution is -2.36. The lowest BCUT2D eigenvalue weighted by Gasteiger charge is -2.14. The summed E-state index contributed by atoms with van der Waals surface area (Å²) in [5.74, 6) is -0.423. The van der Waals surface area contributed by atoms with Crippen molar-refractivity contribution in [3.8, 4) is 11.3 Å². The largest absolute Gasteiger partial charge is 0.481 e. The Bertz CT molecular complexity index is 1330. The monoisotopic (exact) mass is 519 g/mol. The molecule has 0 radical (unpaired) electrons. The number of carboxylic acid groups (broad SMARTS) is 1. The highest BCUT2D eigenvalue weighted by molar-refractivity contribution is 5.89. The van der Waals surface area contributed by atoms with Gasteiger partial charge in [-0.05, 0) is 55.9 Å². The van der Waals surface area contributed by atoms with Crippen LogP contribution in [0.2, 0.25) is 0 Å². The van der Waals surface area contributed by atoms with Gasteiger partial charge in [0, 0.05) is 18.0 Å². The molecule has 0 bridgehead atoms. The first-order valence-electron chi connectivity index (χ1n) is 12.0. The Kier molecular flexibility index (Phi) is 9.92. The predicted octanol–water partition coefficient (Wildman–Crippen LogP) is 5.66. The number of anilines is 1. The number of hydrogen-bond acceptors (Lipinski definition) is 5. The number of halogens is 1. The fourth-order valence-electron chi connectivity index (χ4n) is 3.91. The van der Waals surface area contributed by atoms with Crippen LogP contribution in [-0.2, 0) is 17.6 Å². The van der Waals surface area contributed by atoms with Crippen molar-refractivity contribution in [2.24, 2.45) is 0 Å². The second-order valence-corrected chi connectivity index (χ2v) is 8.76. The van der Waals surface area contributed by atoms with Crippen LogP contribution in [0.3, 0.4) is 0 Å². The van der Waals surface area contributed by atoms with E-state index in [-0.39, 0.29) is 30.9 Å². The van der Waals surface area contributed by atoms with E-state index in [1.807, 2.05) is 49.4 Å². The summed E-state index contributed by atoms with van der Waals surface area (Å²) >= 11 is 0. The van der Waals surface area contributed by atoms with Crippen LogP contribution in [-0.4, -0.2) is 38.1 Å². The Morgan fingerprint density at radius 2 is 1.65 bits per heavy atom. The van der Waals surface area contributed by atoms with Crippen LogP contribution in [0.4, 0.5) is 10.6 Å². The molecule has 0 saturated heterocycles. The van der Waals surface area contributed by atoms with E-state index in [0.29, 0.717) is 29.1 Å². The van der Waals surface area contributed by atoms with E-state index in [1.54, 1.807) is 18.3 Å². The van der Waals surface area contributed by atoms with E-state index in [4.69, 9.17) is 5.11 Å². The molecule has 0 aliphatic rings. The molecule has 0 aliphatic carbocycles. The third kappa shape index (κ3) is 8.25. The molecule has 2 aromatic carbocycles. The van der Waals surface area contributed by atoms with Crippen molar-refractivity contribution in [2.45, 2.75) is 45.1 Å². The number of nitrogens with one attached hydrogen (secondary N) is 2. The van der Waals surface area contributed by atoms with Gasteiger partial charge in [-0.2, -0.15) is 0 Å². The maximum atomic E-state index is 12.5. The van der Waals surface area contributed by atoms with Crippen LogP contribution in [0.25, 0.3) is 22.4 Å². The highest BCUT2D eigenvalue weighted by Crippen LogP contribution is 2.20. The number of aliphatic carboxylic acids is 1. The molecule has 2 amide bonds. The number of hydrogen-bond donors (Lipinski definition) is 3. The Hall–Kier alpha value is -4.04. The molecule has 2 heterocycles. The zero-order chi connectivity index (χ0) is 25.3. The predicted molar refractivity (Wildman–Crippen MR) is 147 cm³/mol. The third-order valence-corrected chi connectivity index (χ3v) is 5.85. The Labute approximate surface area is 222 Å². The summed E-state index contributed by atoms with van der Waals surface area (Å²) in [4.78, 5) is 36.8. The van der Waals surface area contributed by atoms with Gasteiger partial charge < -0.3 is 10.4 Å². The van der Waals surface area contributed by atoms with Gasteiger partial charge in [0.1, 0.15) is 11.3 Å². The minimum absolute atomic E-state index is 0. The average Bonchev–Trinajstić information content (AvgIpc) is 2.88. The number of pyridine rings is 1. The molecule has 1 unspecified atom stereocenters. The molecule has 37 heavy (non-hydrogen) atoms. The van der Waals surface area contributed by atoms with E-state index in [0.717, 1.165) is 30.4 Å². The minimum Gasteiger partial charge on any atom is -0.481 e. The second kappa shape index (κ2) is 13.3. The lowest BCUT2D eigenvalue weighted by atomic mass is 10.1. The SMILES string of the molecule is CC(CCCc1ccccc1)NC(=O)Nc1ccc2ncc(-c3ccc(CCC(=O)O)cc3)nc2n1.Cl. The number of nitrogens with zero attached hydrogens (tertiary/aromatic N) is 3. The number of fused-ring (bicyclic) bond motifs is 1. The van der Waals surface area contributed by atoms with Gasteiger partial charge in [-0.3, -0.25) is 15.1 Å². The fraction of sp³-hybridized carbons (Fsp3) is 0.250. The van der Waals surface area contributed by atoms with E-state index >= 15 is 0 Å². The molecule has 192 valence electrons. The van der Waals surface area contributed by atoms with Crippen LogP contribution in [0.5, 0.6) is 0 Å². The summed E-state index contributed by atoms with van der Waals surface area (Å²) in [6.45, 7) is 1.99. The van der Waals surface area contributed by atoms with Crippen LogP contribution in [0.1, 0.15) is 37.3 Å². The highest BCUT2D eigenvalue weighted by atomic mass is 35.5. The van der Waals surface area contributed by atoms with Gasteiger partial charge >= 0.3 is 12.0 Å². The highest BCUT2D eigenvalue weighted by Gasteiger charge is 2.10. The summed E-state index contributed by atoms with van der Waals surface area (Å²) in [6, 6.07) is 21.1. The molecule has 8 nitrogen and oxygen atoms in total. The first-order valence-corrected chi connectivity index (χ1v) is 12.0. The molecule has 0 fully saturated rings. The average molecular weight is 520 g/mol. The number of carboxylic acids is 1. The number of carbonyl (C=O) groups excluding carboxylic acids is 1. The van der Waals surface area contributed by atoms with Crippen molar-refractivity contribution in [3.63, 3.8) is 0 Å². The maximum absolute atomic E-state index is 12.5. The molecular weight excluding hydrogens is 490 g/mol. The molecule has 4 rings (SSSR count). The quantitative estimate of drug-likeness (QED) is 0.249. The first kappa shape index (κ1) is 27.5. The second-order valence-electron chi connectivity index (χ2n) is 8.76. The van der Waals surface area contributed by atoms with Crippen molar-refractivity contribution in [3.05, 3.63) is 84.1 Å². The van der Waals surface area contributed by atoms with Crippen molar-refractivity contribution < 1.29 is 14.7 Å². The molecule has 1 atom stereocenters. The third-order valence-electron chi connectivity index (χ3n) is 5.85. The van der Waals surface area contributed by atoms with Gasteiger partial charge in [-0.15, -0.1) is 12.4 Å². The zero-order valence-electron chi connectivity index (χ0n) is 20.6. The summed E-state index contributed by atoms with van der Waals surface area (Å²) in [5, 5.41) is 14.6. The number of carbonyl (C=O) groups is 2. The number of benzene rings is 2. The van der Waals surface area contributed by atoms with E-state index in [2.05, 4.69) is 37.7 Å². The summed E-state index contributed by atoms with van der Waals surface area (Å²) in [7, 11) is 0. The Morgan fingerprint density at radius 3 is 2.38 bits per heavy atom. The number of rotatable bonds is 10. The molecule has 3 N–H and O–H groups in total. The van der Waals surface area contributed by atoms with Gasteiger partial charge in [0.15, 0.2) is 5.65 Å². The molecular formula is C28H30ClN5O3. The van der Waals surface area contributed by atoms with Gasteiger partial charge in [0.25, 0.3) is 0 Å². The van der Waals surface area contributed by atoms with E-state index < -0.39 is 5.97 Å². The molecule has 9 heteroatoms. The van der Waals surface area contributed by atoms with Gasteiger partial charge in [-0.25, -0.2) is 14.8 Å². The first-order chi connectivity index (χ1) is 17.5. The van der Waals surface area contributed by atoms with E-state index in [9.17, 15) is 9.59 Å². The van der Waals surface area contributed by atoms with Crippen LogP contribution >= 0.6 is 12.4 Å². The van der Waals surface area contributed by atoms with Gasteiger partial charge in [0.2, 0.25) is 0 Å². The minimum atomic E-state index is -0.818. The van der Waals surface area contributed by atoms with E-state index in [1.165, 1.54) is 5.56 Å². The zero-order valence-corrected chi connectivity index (χ0v) is 21.4. The molecule has 0 saturated carbocycles. The van der Waals surface area contributed by atoms with Gasteiger partial charge in [-0.1, -0.05) is 54.6 Å². The standard InChI is InChI=1S/C28H29N5O3.ClH/c1-19(6-5-9-20-7-3-2-4-8-20)30-28(36)33-25-16-15-23-27(32-25)31-24(18-29-23)22-13-10-21(11-14-22)12-17-26(34)35;/h2-4,7-8,10-11,13-16,18-19H,5-6,9,12,17H2,1H3,(H,34,35)(H2,30,31,32,33,36);1H. The summed E-state index contributed by atoms with van der Waals surface area (Å²) in [5.41, 5.74) is 4.79. The van der Waals surface area contributed by atoms with Crippen molar-refractivity contribution >= 4 is 41.4 Å². The molecule has 4 aromatic rings. The fourth-order valence-corrected chi connectivity index (χ4v) is 3.91. The smallest absolute Gasteiger partial charge is 0.320 e. The normalized spacial score (nSPS) is 11.4. The molecule has 0 aliphatic heterocycles. The summed E-state index contributed by atoms with van der Waals surface area (Å²) in [6.07, 6.45) is 5.08. The van der Waals surface area contributed by atoms with Crippen LogP contribution in [0, 0.1) is 0 Å². The Balaban J connectivity index is 0.00000380. The Morgan fingerprint density at radius 1 is 0.919 bits per heavy atom. The van der Waals surface area contributed by atoms with Crippen molar-refractivity contribution in [1.29, 1.82) is 0 Å². The number of aromatic nitrogens is 3. The van der Waals surface area contributed by atoms with Crippen molar-refractivity contribution in [1.82, 2.24) is 20.3 Å². The number of aryl methyl sites for hydroxylation is 2. The molecule has 0 spiro atoms. The maximum Gasteiger partial charge on any atom is 0.320 e. The van der Waals surface area contributed by atoms with Crippen LogP contribution < -0.4 is 10.6 Å². The summed E-state index contributed by atoms with van der Waals surface area (Å²) < 4.78 is 0. The van der Waals surface area contributed by atoms with Crippen molar-refractivity contribution in [2.75, 3.05) is 5.32 Å². The topological polar surface area (TPSA) is 117 Å². The van der Waals surface area contributed by atoms with Gasteiger partial charge in [0.05, 0.1) is 11.9 Å². The lowest BCUT2D eigenvalue weighted by molar-refractivity contribution is -0.136. The number of amides is 2. The number of urea groups is 1. The van der Waals surface area contributed by atoms with Crippen LogP contribution in [0.15, 0.2) is 72.9 Å². The molecule has 2 aromatic heterocycles.